The SMILES string of the molecule is C.CCC#Cc1cn(C(C)C)c(=O)[nH]c1=O.CCC#Cc1cn(C(C)C)c(=O)nc1N.CCC#Cc1cn(C(C)C)c2ncnc(N)c12.Cc1nc2c(c(C#CCN)cn2C(C)C)c(=O)[nH]1. The van der Waals surface area contributed by atoms with Crippen molar-refractivity contribution in [2.45, 2.75) is 134 Å². The second-order valence-electron chi connectivity index (χ2n) is 15.5. The zero-order valence-electron chi connectivity index (χ0n) is 39.5. The lowest BCUT2D eigenvalue weighted by atomic mass is 10.2. The van der Waals surface area contributed by atoms with E-state index in [1.165, 1.54) is 21.7 Å². The van der Waals surface area contributed by atoms with E-state index in [9.17, 15) is 19.2 Å². The van der Waals surface area contributed by atoms with Crippen LogP contribution in [0.5, 0.6) is 0 Å². The molecule has 0 unspecified atom stereocenters. The van der Waals surface area contributed by atoms with E-state index in [4.69, 9.17) is 17.2 Å². The average Bonchev–Trinajstić information content (AvgIpc) is 3.81. The zero-order chi connectivity index (χ0) is 48.5. The number of aromatic nitrogens is 10. The van der Waals surface area contributed by atoms with Crippen LogP contribution in [0.3, 0.4) is 0 Å². The van der Waals surface area contributed by atoms with Gasteiger partial charge in [-0.25, -0.2) is 24.5 Å². The second kappa shape index (κ2) is 25.6. The average molecular weight is 900 g/mol. The number of fused-ring (bicyclic) bond motifs is 2. The zero-order valence-corrected chi connectivity index (χ0v) is 39.5. The molecular weight excluding hydrogens is 835 g/mol. The Labute approximate surface area is 386 Å². The van der Waals surface area contributed by atoms with E-state index in [1.807, 2.05) is 79.3 Å². The van der Waals surface area contributed by atoms with Gasteiger partial charge in [0.15, 0.2) is 0 Å². The van der Waals surface area contributed by atoms with Crippen molar-refractivity contribution in [3.05, 3.63) is 101 Å². The number of hydrogen-bond acceptors (Lipinski definition) is 11. The Bertz CT molecular complexity index is 3110. The maximum Gasteiger partial charge on any atom is 0.349 e. The molecule has 350 valence electrons. The first kappa shape index (κ1) is 54.5. The third kappa shape index (κ3) is 14.2. The standard InChI is InChI=1S/C13H16N4O.C13H16N4.C11H15N3O.C11H14N2O2.CH4/c1-8(2)17-7-10(5-4-6-14)11-12(17)15-9(3)16-13(11)18;1-4-5-6-10-7-17(9(2)3)13-11(10)12(14)15-8-16-13;1-4-5-6-9-7-14(8(2)3)11(15)13-10(9)12;1-4-5-6-9-7-13(8(2)3)11(15)12-10(9)14;/h7-8H,6,14H2,1-3H3,(H,15,16,18);7-9H,4H2,1-3H3,(H2,14,15,16);7-8H,4H2,1-3H3,(H2,12,13,15);7-8H,4H2,1-3H3,(H,12,14,15);1H4. The Balaban J connectivity index is 0.000000302. The number of nitrogens with one attached hydrogen (secondary N) is 2. The monoisotopic (exact) mass is 900 g/mol. The first-order chi connectivity index (χ1) is 30.8. The van der Waals surface area contributed by atoms with Gasteiger partial charge in [-0.2, -0.15) is 4.98 Å². The van der Waals surface area contributed by atoms with Crippen LogP contribution in [0.4, 0.5) is 11.6 Å². The molecule has 0 saturated carbocycles. The Hall–Kier alpha value is -7.60. The summed E-state index contributed by atoms with van der Waals surface area (Å²) in [6.45, 7) is 23.8. The smallest absolute Gasteiger partial charge is 0.349 e. The minimum absolute atomic E-state index is 0. The van der Waals surface area contributed by atoms with Gasteiger partial charge >= 0.3 is 11.4 Å². The van der Waals surface area contributed by atoms with Crippen molar-refractivity contribution in [1.82, 2.24) is 48.2 Å². The highest BCUT2D eigenvalue weighted by Gasteiger charge is 2.15. The lowest BCUT2D eigenvalue weighted by molar-refractivity contribution is 0.560. The van der Waals surface area contributed by atoms with Gasteiger partial charge in [0.05, 0.1) is 34.0 Å². The predicted molar refractivity (Wildman–Crippen MR) is 267 cm³/mol. The molecule has 0 bridgehead atoms. The van der Waals surface area contributed by atoms with Gasteiger partial charge in [0.2, 0.25) is 0 Å². The van der Waals surface area contributed by atoms with E-state index < -0.39 is 11.2 Å². The number of H-pyrrole nitrogens is 2. The van der Waals surface area contributed by atoms with E-state index in [0.717, 1.165) is 29.4 Å². The largest absolute Gasteiger partial charge is 0.383 e. The van der Waals surface area contributed by atoms with Crippen LogP contribution in [0, 0.1) is 54.3 Å². The molecule has 8 N–H and O–H groups in total. The third-order valence-electron chi connectivity index (χ3n) is 9.14. The van der Waals surface area contributed by atoms with Crippen LogP contribution in [0.1, 0.15) is 155 Å². The topological polar surface area (TPSA) is 249 Å². The van der Waals surface area contributed by atoms with Crippen LogP contribution < -0.4 is 39.7 Å². The number of nitrogen functional groups attached to an aromatic ring is 2. The summed E-state index contributed by atoms with van der Waals surface area (Å²) in [4.78, 5) is 67.6. The van der Waals surface area contributed by atoms with Gasteiger partial charge in [0.1, 0.15) is 40.6 Å². The normalized spacial score (nSPS) is 10.1. The molecular formula is C49H65N13O4. The van der Waals surface area contributed by atoms with Gasteiger partial charge in [-0.3, -0.25) is 23.7 Å². The number of aromatic amines is 2. The number of nitrogens with two attached hydrogens (primary N) is 3. The lowest BCUT2D eigenvalue weighted by Gasteiger charge is -2.09. The molecule has 0 atom stereocenters. The first-order valence-corrected chi connectivity index (χ1v) is 21.4. The molecule has 6 aromatic rings. The molecule has 0 aliphatic carbocycles. The summed E-state index contributed by atoms with van der Waals surface area (Å²) in [5.74, 6) is 24.5. The van der Waals surface area contributed by atoms with Crippen LogP contribution in [-0.4, -0.2) is 54.7 Å². The van der Waals surface area contributed by atoms with Crippen molar-refractivity contribution in [1.29, 1.82) is 0 Å². The highest BCUT2D eigenvalue weighted by atomic mass is 16.2. The van der Waals surface area contributed by atoms with Gasteiger partial charge in [0.25, 0.3) is 11.1 Å². The maximum absolute atomic E-state index is 12.0. The number of rotatable bonds is 4. The van der Waals surface area contributed by atoms with Crippen LogP contribution in [0.15, 0.2) is 50.3 Å². The fourth-order valence-electron chi connectivity index (χ4n) is 5.95. The molecule has 6 heterocycles. The maximum atomic E-state index is 12.0. The highest BCUT2D eigenvalue weighted by Crippen LogP contribution is 2.26. The van der Waals surface area contributed by atoms with E-state index in [2.05, 4.69) is 95.7 Å². The van der Waals surface area contributed by atoms with E-state index in [-0.39, 0.29) is 49.2 Å². The fourth-order valence-corrected chi connectivity index (χ4v) is 5.95. The Morgan fingerprint density at radius 2 is 1.03 bits per heavy atom. The molecule has 17 heteroatoms. The van der Waals surface area contributed by atoms with Crippen LogP contribution in [-0.2, 0) is 0 Å². The van der Waals surface area contributed by atoms with E-state index >= 15 is 0 Å². The summed E-state index contributed by atoms with van der Waals surface area (Å²) >= 11 is 0. The molecule has 0 aliphatic rings. The molecule has 6 aromatic heterocycles. The molecule has 66 heavy (non-hydrogen) atoms. The van der Waals surface area contributed by atoms with Crippen LogP contribution in [0.2, 0.25) is 0 Å². The first-order valence-electron chi connectivity index (χ1n) is 21.4. The summed E-state index contributed by atoms with van der Waals surface area (Å²) in [7, 11) is 0. The van der Waals surface area contributed by atoms with Gasteiger partial charge in [-0.05, 0) is 62.3 Å². The summed E-state index contributed by atoms with van der Waals surface area (Å²) in [6, 6.07) is 0.614. The van der Waals surface area contributed by atoms with Crippen molar-refractivity contribution < 1.29 is 0 Å². The Morgan fingerprint density at radius 1 is 0.561 bits per heavy atom. The van der Waals surface area contributed by atoms with Gasteiger partial charge in [-0.15, -0.1) is 0 Å². The molecule has 0 amide bonds. The van der Waals surface area contributed by atoms with Crippen LogP contribution in [0.25, 0.3) is 22.1 Å². The second-order valence-corrected chi connectivity index (χ2v) is 15.5. The molecule has 0 aromatic carbocycles. The van der Waals surface area contributed by atoms with Crippen molar-refractivity contribution in [2.75, 3.05) is 18.0 Å². The molecule has 0 spiro atoms. The number of anilines is 2. The van der Waals surface area contributed by atoms with Crippen molar-refractivity contribution in [3.63, 3.8) is 0 Å². The quantitative estimate of drug-likeness (QED) is 0.129. The summed E-state index contributed by atoms with van der Waals surface area (Å²) in [5.41, 5.74) is 19.7. The Kier molecular flexibility index (Phi) is 21.2. The molecule has 0 aliphatic heterocycles. The van der Waals surface area contributed by atoms with Gasteiger partial charge in [-0.1, -0.05) is 75.6 Å². The number of aryl methyl sites for hydroxylation is 1. The number of hydrogen-bond donors (Lipinski definition) is 5. The predicted octanol–water partition coefficient (Wildman–Crippen LogP) is 5.96. The van der Waals surface area contributed by atoms with Gasteiger partial charge < -0.3 is 31.3 Å². The Morgan fingerprint density at radius 3 is 1.56 bits per heavy atom. The minimum Gasteiger partial charge on any atom is -0.383 e. The third-order valence-corrected chi connectivity index (χ3v) is 9.14. The van der Waals surface area contributed by atoms with Crippen LogP contribution >= 0.6 is 0 Å². The lowest BCUT2D eigenvalue weighted by Crippen LogP contribution is -2.31. The molecule has 6 rings (SSSR count). The summed E-state index contributed by atoms with van der Waals surface area (Å²) in [5, 5.41) is 1.40. The van der Waals surface area contributed by atoms with E-state index in [0.29, 0.717) is 51.8 Å². The van der Waals surface area contributed by atoms with Crippen molar-refractivity contribution >= 4 is 33.7 Å². The fraction of sp³-hybridized carbons (Fsp3) is 0.429. The molecule has 17 nitrogen and oxygen atoms in total. The minimum atomic E-state index is -0.419. The highest BCUT2D eigenvalue weighted by molar-refractivity contribution is 5.92. The number of nitrogens with zero attached hydrogens (tertiary/aromatic N) is 8. The van der Waals surface area contributed by atoms with Crippen molar-refractivity contribution in [2.24, 2.45) is 5.73 Å². The van der Waals surface area contributed by atoms with Crippen molar-refractivity contribution in [3.8, 4) is 47.4 Å². The molecule has 0 saturated heterocycles. The van der Waals surface area contributed by atoms with E-state index in [1.54, 1.807) is 13.1 Å². The summed E-state index contributed by atoms with van der Waals surface area (Å²) < 4.78 is 7.02. The molecule has 0 radical (unpaired) electrons. The van der Waals surface area contributed by atoms with Gasteiger partial charge in [0, 0.05) is 68.2 Å². The molecule has 0 fully saturated rings. The summed E-state index contributed by atoms with van der Waals surface area (Å²) in [6.07, 6.45) is 10.8.